The molecule has 6 nitrogen and oxygen atoms in total. The van der Waals surface area contributed by atoms with Crippen LogP contribution in [0.2, 0.25) is 0 Å². The molecule has 2 atom stereocenters. The number of alkyl halides is 1. The number of hydrogen-bond acceptors (Lipinski definition) is 4. The molecule has 0 aliphatic carbocycles. The van der Waals surface area contributed by atoms with E-state index in [2.05, 4.69) is 9.71 Å². The lowest BCUT2D eigenvalue weighted by Crippen LogP contribution is -2.42. The van der Waals surface area contributed by atoms with Crippen LogP contribution in [0.25, 0.3) is 0 Å². The van der Waals surface area contributed by atoms with Gasteiger partial charge in [0.15, 0.2) is 17.5 Å². The van der Waals surface area contributed by atoms with E-state index >= 15 is 0 Å². The zero-order valence-electron chi connectivity index (χ0n) is 8.33. The lowest BCUT2D eigenvalue weighted by molar-refractivity contribution is 0.539. The Balaban J connectivity index is 2.50. The minimum atomic E-state index is -2.62. The Labute approximate surface area is 105 Å². The SMILES string of the molecule is N#CN1c2ccccc2NC(=NS(=O)[O-])C1Cl. The van der Waals surface area contributed by atoms with E-state index in [1.807, 2.05) is 6.19 Å². The number of nitriles is 1. The second-order valence-corrected chi connectivity index (χ2v) is 4.17. The van der Waals surface area contributed by atoms with Crippen LogP contribution in [0.5, 0.6) is 0 Å². The van der Waals surface area contributed by atoms with Crippen LogP contribution in [0.4, 0.5) is 11.4 Å². The molecule has 0 radical (unpaired) electrons. The van der Waals surface area contributed by atoms with Crippen molar-refractivity contribution in [2.75, 3.05) is 10.2 Å². The van der Waals surface area contributed by atoms with Crippen molar-refractivity contribution in [2.45, 2.75) is 5.50 Å². The Morgan fingerprint density at radius 2 is 2.29 bits per heavy atom. The van der Waals surface area contributed by atoms with Crippen LogP contribution in [0.15, 0.2) is 28.7 Å². The number of rotatable bonds is 1. The fourth-order valence-electron chi connectivity index (χ4n) is 1.48. The molecule has 1 aromatic rings. The molecule has 0 saturated carbocycles. The van der Waals surface area contributed by atoms with Crippen LogP contribution in [-0.2, 0) is 11.3 Å². The van der Waals surface area contributed by atoms with Crippen LogP contribution in [0.1, 0.15) is 0 Å². The largest absolute Gasteiger partial charge is 0.754 e. The number of halogens is 1. The highest BCUT2D eigenvalue weighted by Gasteiger charge is 2.29. The van der Waals surface area contributed by atoms with Crippen LogP contribution < -0.4 is 10.2 Å². The highest BCUT2D eigenvalue weighted by Crippen LogP contribution is 2.32. The lowest BCUT2D eigenvalue weighted by Gasteiger charge is -2.31. The average molecular weight is 270 g/mol. The number of hydrogen-bond donors (Lipinski definition) is 1. The van der Waals surface area contributed by atoms with E-state index in [0.29, 0.717) is 11.4 Å². The first-order valence-electron chi connectivity index (χ1n) is 4.50. The maximum Gasteiger partial charge on any atom is 0.186 e. The molecular weight excluding hydrogens is 264 g/mol. The van der Waals surface area contributed by atoms with Gasteiger partial charge in [0.05, 0.1) is 22.6 Å². The van der Waals surface area contributed by atoms with Crippen LogP contribution in [-0.4, -0.2) is 20.1 Å². The molecule has 0 aromatic heterocycles. The van der Waals surface area contributed by atoms with E-state index in [1.54, 1.807) is 24.3 Å². The number of nitrogens with one attached hydrogen (secondary N) is 1. The van der Waals surface area contributed by atoms with Gasteiger partial charge in [0.1, 0.15) is 0 Å². The van der Waals surface area contributed by atoms with E-state index in [9.17, 15) is 8.76 Å². The summed E-state index contributed by atoms with van der Waals surface area (Å²) in [5, 5.41) is 11.8. The number of fused-ring (bicyclic) bond motifs is 1. The first-order chi connectivity index (χ1) is 8.13. The number of para-hydroxylation sites is 2. The second-order valence-electron chi connectivity index (χ2n) is 3.14. The maximum atomic E-state index is 10.5. The van der Waals surface area contributed by atoms with Crippen LogP contribution in [0, 0.1) is 11.5 Å². The summed E-state index contributed by atoms with van der Waals surface area (Å²) >= 11 is 3.33. The topological polar surface area (TPSA) is 91.6 Å². The van der Waals surface area contributed by atoms with E-state index in [0.717, 1.165) is 0 Å². The average Bonchev–Trinajstić information content (AvgIpc) is 2.30. The summed E-state index contributed by atoms with van der Waals surface area (Å²) < 4.78 is 24.4. The Morgan fingerprint density at radius 3 is 2.94 bits per heavy atom. The molecule has 2 unspecified atom stereocenters. The van der Waals surface area contributed by atoms with Gasteiger partial charge in [-0.25, -0.2) is 0 Å². The summed E-state index contributed by atoms with van der Waals surface area (Å²) in [6, 6.07) is 6.90. The number of nitrogens with zero attached hydrogens (tertiary/aromatic N) is 3. The maximum absolute atomic E-state index is 10.5. The fraction of sp³-hybridized carbons (Fsp3) is 0.111. The van der Waals surface area contributed by atoms with Gasteiger partial charge in [0.25, 0.3) is 0 Å². The molecule has 1 N–H and O–H groups in total. The molecule has 1 aliphatic heterocycles. The fourth-order valence-corrected chi connectivity index (χ4v) is 2.10. The molecule has 1 aromatic carbocycles. The van der Waals surface area contributed by atoms with Gasteiger partial charge in [-0.1, -0.05) is 23.7 Å². The molecule has 0 bridgehead atoms. The number of anilines is 2. The van der Waals surface area contributed by atoms with Crippen molar-refractivity contribution in [1.29, 1.82) is 5.26 Å². The van der Waals surface area contributed by atoms with Gasteiger partial charge in [-0.3, -0.25) is 9.11 Å². The van der Waals surface area contributed by atoms with Gasteiger partial charge in [0.2, 0.25) is 0 Å². The standard InChI is InChI=1S/C9H7ClN4O2S/c10-8-9(13-17(15)16)12-6-3-1-2-4-7(6)14(8)5-11/h1-4,8H,(H,12,13)(H,15,16)/p-1. The van der Waals surface area contributed by atoms with Gasteiger partial charge in [-0.05, 0) is 12.1 Å². The molecule has 1 heterocycles. The minimum Gasteiger partial charge on any atom is -0.754 e. The van der Waals surface area contributed by atoms with E-state index < -0.39 is 16.8 Å². The Bertz CT molecular complexity index is 542. The Hall–Kier alpha value is -1.62. The predicted molar refractivity (Wildman–Crippen MR) is 64.2 cm³/mol. The molecule has 0 spiro atoms. The van der Waals surface area contributed by atoms with Gasteiger partial charge in [-0.2, -0.15) is 9.66 Å². The van der Waals surface area contributed by atoms with Gasteiger partial charge in [0, 0.05) is 0 Å². The monoisotopic (exact) mass is 269 g/mol. The normalized spacial score (nSPS) is 22.5. The van der Waals surface area contributed by atoms with E-state index in [4.69, 9.17) is 16.9 Å². The minimum absolute atomic E-state index is 0.000231. The molecule has 8 heteroatoms. The molecule has 88 valence electrons. The summed E-state index contributed by atoms with van der Waals surface area (Å²) in [5.41, 5.74) is 0.189. The third-order valence-electron chi connectivity index (χ3n) is 2.16. The molecule has 1 aliphatic rings. The summed E-state index contributed by atoms with van der Waals surface area (Å²) in [7, 11) is 0. The molecule has 0 amide bonds. The van der Waals surface area contributed by atoms with E-state index in [-0.39, 0.29) is 5.84 Å². The zero-order valence-corrected chi connectivity index (χ0v) is 9.90. The summed E-state index contributed by atoms with van der Waals surface area (Å²) in [6.07, 6.45) is 1.89. The Morgan fingerprint density at radius 1 is 1.59 bits per heavy atom. The first kappa shape index (κ1) is 11.9. The molecular formula is C9H6ClN4O2S-. The summed E-state index contributed by atoms with van der Waals surface area (Å²) in [6.45, 7) is 0. The highest BCUT2D eigenvalue weighted by molar-refractivity contribution is 7.77. The third kappa shape index (κ3) is 2.24. The first-order valence-corrected chi connectivity index (χ1v) is 5.97. The van der Waals surface area contributed by atoms with Crippen molar-refractivity contribution in [3.63, 3.8) is 0 Å². The van der Waals surface area contributed by atoms with Crippen LogP contribution in [0.3, 0.4) is 0 Å². The number of amidine groups is 1. The smallest absolute Gasteiger partial charge is 0.186 e. The van der Waals surface area contributed by atoms with Crippen molar-refractivity contribution < 1.29 is 8.76 Å². The zero-order chi connectivity index (χ0) is 12.4. The third-order valence-corrected chi connectivity index (χ3v) is 2.91. The summed E-state index contributed by atoms with van der Waals surface area (Å²) in [4.78, 5) is 1.18. The van der Waals surface area contributed by atoms with Crippen molar-refractivity contribution in [1.82, 2.24) is 0 Å². The van der Waals surface area contributed by atoms with Gasteiger partial charge >= 0.3 is 0 Å². The molecule has 17 heavy (non-hydrogen) atoms. The van der Waals surface area contributed by atoms with E-state index in [1.165, 1.54) is 4.90 Å². The predicted octanol–water partition coefficient (Wildman–Crippen LogP) is 1.16. The second kappa shape index (κ2) is 4.71. The van der Waals surface area contributed by atoms with Crippen molar-refractivity contribution in [2.24, 2.45) is 4.40 Å². The molecule has 2 rings (SSSR count). The molecule has 0 saturated heterocycles. The number of benzene rings is 1. The van der Waals surface area contributed by atoms with Crippen molar-refractivity contribution >= 4 is 40.1 Å². The molecule has 0 fully saturated rings. The van der Waals surface area contributed by atoms with Crippen molar-refractivity contribution in [3.8, 4) is 6.19 Å². The highest BCUT2D eigenvalue weighted by atomic mass is 35.5. The quantitative estimate of drug-likeness (QED) is 0.357. The summed E-state index contributed by atoms with van der Waals surface area (Å²) in [5.74, 6) is 0.000231. The van der Waals surface area contributed by atoms with Gasteiger partial charge < -0.3 is 9.87 Å². The van der Waals surface area contributed by atoms with Crippen molar-refractivity contribution in [3.05, 3.63) is 24.3 Å². The van der Waals surface area contributed by atoms with Crippen LogP contribution >= 0.6 is 11.6 Å². The van der Waals surface area contributed by atoms with Gasteiger partial charge in [-0.15, -0.1) is 0 Å². The Kier molecular flexibility index (Phi) is 3.28. The lowest BCUT2D eigenvalue weighted by atomic mass is 10.2.